The van der Waals surface area contributed by atoms with Gasteiger partial charge in [0.15, 0.2) is 6.61 Å². The van der Waals surface area contributed by atoms with Crippen molar-refractivity contribution in [1.29, 1.82) is 0 Å². The predicted molar refractivity (Wildman–Crippen MR) is 119 cm³/mol. The number of esters is 1. The van der Waals surface area contributed by atoms with Crippen molar-refractivity contribution >= 4 is 29.4 Å². The molecule has 1 heterocycles. The lowest BCUT2D eigenvalue weighted by atomic mass is 10.1. The highest BCUT2D eigenvalue weighted by atomic mass is 16.5. The lowest BCUT2D eigenvalue weighted by molar-refractivity contribution is -0.119. The van der Waals surface area contributed by atoms with Crippen LogP contribution in [0.15, 0.2) is 72.8 Å². The first-order chi connectivity index (χ1) is 16.0. The molecule has 0 fully saturated rings. The number of fused-ring (bicyclic) bond motifs is 1. The Labute approximate surface area is 189 Å². The van der Waals surface area contributed by atoms with Gasteiger partial charge in [-0.25, -0.2) is 4.79 Å². The molecule has 0 bridgehead atoms. The topological polar surface area (TPSA) is 102 Å². The van der Waals surface area contributed by atoms with Crippen LogP contribution in [0.4, 0.5) is 5.69 Å². The van der Waals surface area contributed by atoms with Gasteiger partial charge in [0.1, 0.15) is 5.75 Å². The first-order valence-electron chi connectivity index (χ1n) is 10.1. The maximum absolute atomic E-state index is 12.8. The third kappa shape index (κ3) is 4.59. The monoisotopic (exact) mass is 444 g/mol. The molecule has 33 heavy (non-hydrogen) atoms. The Morgan fingerprint density at radius 1 is 0.879 bits per heavy atom. The fourth-order valence-electron chi connectivity index (χ4n) is 3.48. The van der Waals surface area contributed by atoms with E-state index in [0.29, 0.717) is 11.4 Å². The van der Waals surface area contributed by atoms with E-state index in [1.807, 2.05) is 30.3 Å². The molecule has 0 unspecified atom stereocenters. The number of hydrogen-bond acceptors (Lipinski definition) is 6. The molecule has 0 atom stereocenters. The SMILES string of the molecule is COc1ccccc1NC(=O)COC(=O)c1ccc2c(c1)C(=O)N(Cc1ccccc1)C2=O. The number of amides is 3. The second-order valence-corrected chi connectivity index (χ2v) is 7.27. The zero-order valence-electron chi connectivity index (χ0n) is 17.7. The second-order valence-electron chi connectivity index (χ2n) is 7.27. The standard InChI is InChI=1S/C25H20N2O6/c1-32-21-10-6-5-9-20(21)26-22(28)15-33-25(31)17-11-12-18-19(13-17)24(30)27(23(18)29)14-16-7-3-2-4-8-16/h2-13H,14-15H2,1H3,(H,26,28). The molecule has 8 nitrogen and oxygen atoms in total. The fourth-order valence-corrected chi connectivity index (χ4v) is 3.48. The van der Waals surface area contributed by atoms with Crippen molar-refractivity contribution in [3.63, 3.8) is 0 Å². The molecule has 0 spiro atoms. The van der Waals surface area contributed by atoms with Crippen LogP contribution in [0, 0.1) is 0 Å². The average molecular weight is 444 g/mol. The molecule has 3 amide bonds. The van der Waals surface area contributed by atoms with Gasteiger partial charge < -0.3 is 14.8 Å². The number of ether oxygens (including phenoxy) is 2. The number of para-hydroxylation sites is 2. The number of nitrogens with one attached hydrogen (secondary N) is 1. The number of nitrogens with zero attached hydrogens (tertiary/aromatic N) is 1. The van der Waals surface area contributed by atoms with Gasteiger partial charge in [-0.15, -0.1) is 0 Å². The van der Waals surface area contributed by atoms with Crippen LogP contribution in [0.5, 0.6) is 5.75 Å². The van der Waals surface area contributed by atoms with Crippen molar-refractivity contribution in [3.05, 3.63) is 95.1 Å². The quantitative estimate of drug-likeness (QED) is 0.443. The molecule has 0 saturated carbocycles. The highest BCUT2D eigenvalue weighted by molar-refractivity contribution is 6.21. The number of hydrogen-bond donors (Lipinski definition) is 1. The van der Waals surface area contributed by atoms with Crippen LogP contribution in [0.1, 0.15) is 36.6 Å². The number of methoxy groups -OCH3 is 1. The lowest BCUT2D eigenvalue weighted by Crippen LogP contribution is -2.29. The summed E-state index contributed by atoms with van der Waals surface area (Å²) in [6.45, 7) is -0.392. The molecule has 0 aliphatic carbocycles. The third-order valence-electron chi connectivity index (χ3n) is 5.11. The summed E-state index contributed by atoms with van der Waals surface area (Å²) in [5.74, 6) is -1.76. The Bertz CT molecular complexity index is 1240. The molecule has 3 aromatic carbocycles. The summed E-state index contributed by atoms with van der Waals surface area (Å²) in [5.41, 5.74) is 1.68. The fraction of sp³-hybridized carbons (Fsp3) is 0.120. The molecule has 1 aliphatic rings. The molecule has 0 radical (unpaired) electrons. The Hall–Kier alpha value is -4.46. The minimum absolute atomic E-state index is 0.0709. The third-order valence-corrected chi connectivity index (χ3v) is 5.11. The molecule has 0 aromatic heterocycles. The first-order valence-corrected chi connectivity index (χ1v) is 10.1. The van der Waals surface area contributed by atoms with E-state index >= 15 is 0 Å². The zero-order valence-corrected chi connectivity index (χ0v) is 17.7. The normalized spacial score (nSPS) is 12.3. The van der Waals surface area contributed by atoms with Crippen LogP contribution in [-0.2, 0) is 16.1 Å². The minimum Gasteiger partial charge on any atom is -0.495 e. The molecule has 4 rings (SSSR count). The molecular formula is C25H20N2O6. The van der Waals surface area contributed by atoms with Crippen molar-refractivity contribution in [2.45, 2.75) is 6.54 Å². The van der Waals surface area contributed by atoms with E-state index in [4.69, 9.17) is 9.47 Å². The van der Waals surface area contributed by atoms with Gasteiger partial charge in [-0.1, -0.05) is 42.5 Å². The van der Waals surface area contributed by atoms with Crippen molar-refractivity contribution in [3.8, 4) is 5.75 Å². The van der Waals surface area contributed by atoms with Crippen molar-refractivity contribution in [1.82, 2.24) is 4.90 Å². The van der Waals surface area contributed by atoms with Crippen LogP contribution < -0.4 is 10.1 Å². The molecule has 1 aliphatic heterocycles. The number of imide groups is 1. The Balaban J connectivity index is 1.41. The van der Waals surface area contributed by atoms with Crippen LogP contribution in [0.3, 0.4) is 0 Å². The molecular weight excluding hydrogens is 424 g/mol. The van der Waals surface area contributed by atoms with Gasteiger partial charge in [0.2, 0.25) is 0 Å². The van der Waals surface area contributed by atoms with Crippen molar-refractivity contribution < 1.29 is 28.7 Å². The van der Waals surface area contributed by atoms with Gasteiger partial charge in [-0.3, -0.25) is 19.3 Å². The highest BCUT2D eigenvalue weighted by Gasteiger charge is 2.36. The smallest absolute Gasteiger partial charge is 0.338 e. The van der Waals surface area contributed by atoms with E-state index in [9.17, 15) is 19.2 Å². The zero-order chi connectivity index (χ0) is 23.4. The van der Waals surface area contributed by atoms with E-state index in [1.54, 1.807) is 24.3 Å². The largest absolute Gasteiger partial charge is 0.495 e. The van der Waals surface area contributed by atoms with Crippen LogP contribution in [-0.4, -0.2) is 42.3 Å². The minimum atomic E-state index is -0.783. The average Bonchev–Trinajstić information content (AvgIpc) is 3.07. The predicted octanol–water partition coefficient (Wildman–Crippen LogP) is 3.29. The number of anilines is 1. The number of benzene rings is 3. The van der Waals surface area contributed by atoms with Gasteiger partial charge in [0.05, 0.1) is 36.0 Å². The molecule has 0 saturated heterocycles. The molecule has 8 heteroatoms. The van der Waals surface area contributed by atoms with Crippen LogP contribution in [0.25, 0.3) is 0 Å². The summed E-state index contributed by atoms with van der Waals surface area (Å²) < 4.78 is 10.2. The van der Waals surface area contributed by atoms with E-state index in [2.05, 4.69) is 5.32 Å². The number of carbonyl (C=O) groups is 4. The maximum Gasteiger partial charge on any atom is 0.338 e. The summed E-state index contributed by atoms with van der Waals surface area (Å²) in [6.07, 6.45) is 0. The Morgan fingerprint density at radius 3 is 2.33 bits per heavy atom. The Kier molecular flexibility index (Phi) is 6.17. The van der Waals surface area contributed by atoms with Crippen LogP contribution in [0.2, 0.25) is 0 Å². The number of carbonyl (C=O) groups excluding carboxylic acids is 4. The molecule has 3 aromatic rings. The molecule has 1 N–H and O–H groups in total. The summed E-state index contributed by atoms with van der Waals surface area (Å²) in [6, 6.07) is 20.1. The highest BCUT2D eigenvalue weighted by Crippen LogP contribution is 2.26. The van der Waals surface area contributed by atoms with Gasteiger partial charge in [0, 0.05) is 0 Å². The summed E-state index contributed by atoms with van der Waals surface area (Å²) in [5, 5.41) is 2.61. The van der Waals surface area contributed by atoms with E-state index < -0.39 is 30.3 Å². The number of rotatable bonds is 7. The summed E-state index contributed by atoms with van der Waals surface area (Å²) >= 11 is 0. The van der Waals surface area contributed by atoms with Gasteiger partial charge in [-0.2, -0.15) is 0 Å². The van der Waals surface area contributed by atoms with Crippen LogP contribution >= 0.6 is 0 Å². The van der Waals surface area contributed by atoms with E-state index in [-0.39, 0.29) is 23.2 Å². The Morgan fingerprint density at radius 2 is 1.58 bits per heavy atom. The second kappa shape index (κ2) is 9.35. The van der Waals surface area contributed by atoms with E-state index in [1.165, 1.54) is 25.3 Å². The summed E-state index contributed by atoms with van der Waals surface area (Å²) in [4.78, 5) is 51.2. The summed E-state index contributed by atoms with van der Waals surface area (Å²) in [7, 11) is 1.48. The van der Waals surface area contributed by atoms with Crippen molar-refractivity contribution in [2.24, 2.45) is 0 Å². The molecule has 166 valence electrons. The van der Waals surface area contributed by atoms with Crippen molar-refractivity contribution in [2.75, 3.05) is 19.0 Å². The van der Waals surface area contributed by atoms with Gasteiger partial charge >= 0.3 is 5.97 Å². The first kappa shape index (κ1) is 21.8. The lowest BCUT2D eigenvalue weighted by Gasteiger charge is -2.13. The van der Waals surface area contributed by atoms with E-state index in [0.717, 1.165) is 10.5 Å². The van der Waals surface area contributed by atoms with Gasteiger partial charge in [-0.05, 0) is 35.9 Å². The maximum atomic E-state index is 12.8. The van der Waals surface area contributed by atoms with Gasteiger partial charge in [0.25, 0.3) is 17.7 Å².